The van der Waals surface area contributed by atoms with E-state index in [1.54, 1.807) is 12.1 Å². The van der Waals surface area contributed by atoms with E-state index in [2.05, 4.69) is 75.9 Å². The first-order valence-corrected chi connectivity index (χ1v) is 27.8. The molecule has 12 nitrogen and oxygen atoms in total. The Hall–Kier alpha value is -6.40. The molecule has 74 heavy (non-hydrogen) atoms. The predicted molar refractivity (Wildman–Crippen MR) is 295 cm³/mol. The molecule has 0 saturated heterocycles. The molecule has 12 heteroatoms. The fourth-order valence-corrected chi connectivity index (χ4v) is 7.78. The summed E-state index contributed by atoms with van der Waals surface area (Å²) in [4.78, 5) is 81.1. The molecule has 0 aliphatic carbocycles. The molecular weight excluding hydrogens is 933 g/mol. The van der Waals surface area contributed by atoms with Gasteiger partial charge in [-0.3, -0.25) is 9.59 Å². The van der Waals surface area contributed by atoms with Gasteiger partial charge < -0.3 is 29.6 Å². The van der Waals surface area contributed by atoms with Crippen LogP contribution < -0.4 is 10.6 Å². The summed E-state index contributed by atoms with van der Waals surface area (Å²) < 4.78 is 22.6. The highest BCUT2D eigenvalue weighted by atomic mass is 16.5. The largest absolute Gasteiger partial charge is 0.462 e. The van der Waals surface area contributed by atoms with Gasteiger partial charge in [0.2, 0.25) is 11.8 Å². The number of carbonyl (C=O) groups excluding carboxylic acids is 6. The number of hydrogen-bond acceptors (Lipinski definition) is 10. The van der Waals surface area contributed by atoms with Gasteiger partial charge in [0, 0.05) is 24.0 Å². The minimum Gasteiger partial charge on any atom is -0.462 e. The third kappa shape index (κ3) is 23.6. The zero-order valence-electron chi connectivity index (χ0n) is 45.5. The Morgan fingerprint density at radius 2 is 0.649 bits per heavy atom. The first-order valence-electron chi connectivity index (χ1n) is 27.8. The molecule has 0 heterocycles. The molecule has 0 bridgehead atoms. The van der Waals surface area contributed by atoms with E-state index in [4.69, 9.17) is 18.9 Å². The highest BCUT2D eigenvalue weighted by Crippen LogP contribution is 2.27. The number of anilines is 2. The average Bonchev–Trinajstić information content (AvgIpc) is 3.39. The highest BCUT2D eigenvalue weighted by molar-refractivity contribution is 5.99. The number of amides is 2. The van der Waals surface area contributed by atoms with Crippen LogP contribution in [-0.2, 0) is 28.5 Å². The van der Waals surface area contributed by atoms with E-state index in [0.29, 0.717) is 36.8 Å². The lowest BCUT2D eigenvalue weighted by Gasteiger charge is -2.14. The molecule has 0 unspecified atom stereocenters. The van der Waals surface area contributed by atoms with Crippen LogP contribution in [0.4, 0.5) is 11.4 Å². The van der Waals surface area contributed by atoms with Crippen LogP contribution >= 0.6 is 0 Å². The quantitative estimate of drug-likeness (QED) is 0.0255. The molecule has 402 valence electrons. The van der Waals surface area contributed by atoms with Crippen LogP contribution in [0.3, 0.4) is 0 Å². The van der Waals surface area contributed by atoms with Crippen molar-refractivity contribution in [2.24, 2.45) is 0 Å². The van der Waals surface area contributed by atoms with Gasteiger partial charge in [0.1, 0.15) is 0 Å². The van der Waals surface area contributed by atoms with E-state index in [-0.39, 0.29) is 95.8 Å². The van der Waals surface area contributed by atoms with Crippen molar-refractivity contribution in [2.45, 2.75) is 196 Å². The van der Waals surface area contributed by atoms with Crippen LogP contribution in [0.2, 0.25) is 0 Å². The molecule has 0 spiro atoms. The number of benzene rings is 3. The van der Waals surface area contributed by atoms with E-state index in [1.807, 2.05) is 0 Å². The summed E-state index contributed by atoms with van der Waals surface area (Å²) in [7, 11) is 0. The summed E-state index contributed by atoms with van der Waals surface area (Å²) in [5.74, 6) is 9.69. The molecule has 2 amide bonds. The Morgan fingerprint density at radius 3 is 0.973 bits per heavy atom. The number of esters is 4. The Balaban J connectivity index is 2.29. The van der Waals surface area contributed by atoms with Crippen molar-refractivity contribution >= 4 is 47.1 Å². The summed E-state index contributed by atoms with van der Waals surface area (Å²) in [6, 6.07) is 12.4. The number of hydrogen-bond donors (Lipinski definition) is 2. The molecule has 2 N–H and O–H groups in total. The van der Waals surface area contributed by atoms with E-state index in [0.717, 1.165) is 116 Å². The van der Waals surface area contributed by atoms with Crippen LogP contribution in [0.5, 0.6) is 0 Å². The fourth-order valence-electron chi connectivity index (χ4n) is 7.78. The second-order valence-corrected chi connectivity index (χ2v) is 18.8. The maximum Gasteiger partial charge on any atom is 0.339 e. The van der Waals surface area contributed by atoms with E-state index >= 15 is 0 Å². The van der Waals surface area contributed by atoms with Gasteiger partial charge in [-0.25, -0.2) is 19.2 Å². The van der Waals surface area contributed by atoms with Crippen molar-refractivity contribution in [1.29, 1.82) is 0 Å². The Morgan fingerprint density at radius 1 is 0.351 bits per heavy atom. The summed E-state index contributed by atoms with van der Waals surface area (Å²) in [5, 5.41) is 6.03. The van der Waals surface area contributed by atoms with Crippen molar-refractivity contribution in [3.63, 3.8) is 0 Å². The van der Waals surface area contributed by atoms with Crippen molar-refractivity contribution in [3.8, 4) is 23.7 Å². The Bertz CT molecular complexity index is 2220. The molecule has 0 aliphatic heterocycles. The van der Waals surface area contributed by atoms with Crippen LogP contribution in [0.25, 0.3) is 0 Å². The maximum atomic E-state index is 13.6. The smallest absolute Gasteiger partial charge is 0.339 e. The fraction of sp³-hybridized carbons (Fsp3) is 0.548. The van der Waals surface area contributed by atoms with Crippen LogP contribution in [-0.4, -0.2) is 62.1 Å². The lowest BCUT2D eigenvalue weighted by molar-refractivity contribution is -0.117. The monoisotopic (exact) mass is 1020 g/mol. The number of ether oxygens (including phenoxy) is 4. The average molecular weight is 1020 g/mol. The summed E-state index contributed by atoms with van der Waals surface area (Å²) in [6.07, 6.45) is 20.1. The second-order valence-electron chi connectivity index (χ2n) is 18.8. The molecule has 3 aromatic carbocycles. The van der Waals surface area contributed by atoms with E-state index in [1.165, 1.54) is 36.4 Å². The lowest BCUT2D eigenvalue weighted by atomic mass is 10.0. The van der Waals surface area contributed by atoms with Crippen molar-refractivity contribution in [1.82, 2.24) is 0 Å². The third-order valence-corrected chi connectivity index (χ3v) is 12.3. The molecule has 0 radical (unpaired) electrons. The molecule has 0 fully saturated rings. The number of carbonyl (C=O) groups is 6. The first-order chi connectivity index (χ1) is 36.0. The summed E-state index contributed by atoms with van der Waals surface area (Å²) in [6.45, 7) is 13.5. The normalized spacial score (nSPS) is 10.6. The molecule has 0 aromatic heterocycles. The molecule has 3 aromatic rings. The molecule has 0 atom stereocenters. The summed E-state index contributed by atoms with van der Waals surface area (Å²) >= 11 is 0. The van der Waals surface area contributed by atoms with Gasteiger partial charge in [0.05, 0.1) is 71.2 Å². The van der Waals surface area contributed by atoms with Gasteiger partial charge in [-0.2, -0.15) is 0 Å². The van der Waals surface area contributed by atoms with Crippen molar-refractivity contribution in [3.05, 3.63) is 93.0 Å². The highest BCUT2D eigenvalue weighted by Gasteiger charge is 2.20. The van der Waals surface area contributed by atoms with Crippen molar-refractivity contribution in [2.75, 3.05) is 37.1 Å². The van der Waals surface area contributed by atoms with E-state index < -0.39 is 23.9 Å². The number of rotatable bonds is 34. The maximum absolute atomic E-state index is 13.6. The van der Waals surface area contributed by atoms with Gasteiger partial charge in [-0.1, -0.05) is 168 Å². The first kappa shape index (κ1) is 61.9. The van der Waals surface area contributed by atoms with Gasteiger partial charge >= 0.3 is 23.9 Å². The SMILES string of the molecule is CCCCCCOC(=O)c1ccc(C(=O)OCCCCCC)c(C#Cc2cc(NC(=O)CCCCC)c(C#Cc3cc(C(=O)OCCCCCC)ccc3C(=O)OCCCCCC)cc2NC(=O)CCCCC)c1. The van der Waals surface area contributed by atoms with Crippen LogP contribution in [0.15, 0.2) is 48.5 Å². The number of nitrogens with one attached hydrogen (secondary N) is 2. The second kappa shape index (κ2) is 37.3. The third-order valence-electron chi connectivity index (χ3n) is 12.3. The van der Waals surface area contributed by atoms with Gasteiger partial charge in [0.15, 0.2) is 0 Å². The lowest BCUT2D eigenvalue weighted by Crippen LogP contribution is -2.15. The van der Waals surface area contributed by atoms with E-state index in [9.17, 15) is 28.8 Å². The van der Waals surface area contributed by atoms with Gasteiger partial charge in [-0.15, -0.1) is 0 Å². The van der Waals surface area contributed by atoms with Gasteiger partial charge in [0.25, 0.3) is 0 Å². The Labute approximate surface area is 442 Å². The minimum atomic E-state index is -0.593. The molecule has 0 saturated carbocycles. The van der Waals surface area contributed by atoms with Crippen LogP contribution in [0, 0.1) is 23.7 Å². The molecule has 0 aliphatic rings. The van der Waals surface area contributed by atoms with Crippen LogP contribution in [0.1, 0.15) is 259 Å². The zero-order valence-corrected chi connectivity index (χ0v) is 45.5. The van der Waals surface area contributed by atoms with Gasteiger partial charge in [-0.05, 0) is 87.1 Å². The summed E-state index contributed by atoms with van der Waals surface area (Å²) in [5.41, 5.74) is 2.30. The number of unbranched alkanes of at least 4 members (excludes halogenated alkanes) is 16. The molecule has 3 rings (SSSR count). The molecular formula is C62H84N2O10. The van der Waals surface area contributed by atoms with Crippen molar-refractivity contribution < 1.29 is 47.7 Å². The topological polar surface area (TPSA) is 163 Å². The Kier molecular flexibility index (Phi) is 31.2. The standard InChI is InChI=1S/C62H84N2O10/c1-7-13-19-25-39-71-59(67)51-35-37-53(61(69)73-41-27-21-15-9-3)47(43-51)31-33-49-45-56(64-58(66)30-24-18-12-6)50(46-55(49)63-57(65)29-23-17-11-5)34-32-48-44-52(60(68)72-40-26-20-14-8-2)36-38-54(48)62(70)74-42-28-22-16-10-4/h35-38,43-46H,7-30,39-42H2,1-6H3,(H,63,65)(H,64,66). The minimum absolute atomic E-state index is 0.155. The zero-order chi connectivity index (χ0) is 53.8. The predicted octanol–water partition coefficient (Wildman–Crippen LogP) is 14.5.